The zero-order chi connectivity index (χ0) is 17.4. The molecule has 0 aromatic heterocycles. The molecule has 5 nitrogen and oxygen atoms in total. The van der Waals surface area contributed by atoms with Gasteiger partial charge in [-0.2, -0.15) is 0 Å². The minimum atomic E-state index is -0.259. The van der Waals surface area contributed by atoms with Crippen LogP contribution < -0.4 is 16.0 Å². The number of aliphatic imine (C=N–C) groups is 1. The first-order valence-corrected chi connectivity index (χ1v) is 9.13. The van der Waals surface area contributed by atoms with Crippen molar-refractivity contribution in [1.82, 2.24) is 16.0 Å². The average molecular weight is 527 g/mol. The van der Waals surface area contributed by atoms with E-state index in [2.05, 4.69) is 36.9 Å². The Balaban J connectivity index is 0.00000312. The predicted molar refractivity (Wildman–Crippen MR) is 113 cm³/mol. The van der Waals surface area contributed by atoms with Gasteiger partial charge in [-0.15, -0.1) is 24.0 Å². The number of rotatable bonds is 8. The summed E-state index contributed by atoms with van der Waals surface area (Å²) in [7, 11) is 0. The highest BCUT2D eigenvalue weighted by atomic mass is 127. The van der Waals surface area contributed by atoms with Crippen LogP contribution in [-0.2, 0) is 11.2 Å². The van der Waals surface area contributed by atoms with Gasteiger partial charge in [0.25, 0.3) is 0 Å². The molecule has 1 aromatic rings. The minimum absolute atomic E-state index is 0. The van der Waals surface area contributed by atoms with Crippen LogP contribution in [0.4, 0.5) is 4.39 Å². The lowest BCUT2D eigenvalue weighted by Gasteiger charge is -2.12. The Morgan fingerprint density at radius 1 is 1.28 bits per heavy atom. The second-order valence-corrected chi connectivity index (χ2v) is 6.61. The molecule has 2 rings (SSSR count). The first kappa shape index (κ1) is 22.1. The number of halogens is 3. The van der Waals surface area contributed by atoms with Crippen molar-refractivity contribution in [1.29, 1.82) is 0 Å². The Hall–Kier alpha value is -0.900. The van der Waals surface area contributed by atoms with Crippen LogP contribution in [0.1, 0.15) is 25.3 Å². The van der Waals surface area contributed by atoms with Gasteiger partial charge in [-0.3, -0.25) is 9.79 Å². The minimum Gasteiger partial charge on any atom is -0.357 e. The van der Waals surface area contributed by atoms with Crippen LogP contribution in [0.5, 0.6) is 0 Å². The van der Waals surface area contributed by atoms with E-state index >= 15 is 0 Å². The molecule has 0 bridgehead atoms. The molecule has 0 saturated heterocycles. The number of amides is 1. The lowest BCUT2D eigenvalue weighted by molar-refractivity contribution is -0.122. The number of guanidine groups is 1. The van der Waals surface area contributed by atoms with Gasteiger partial charge in [0.05, 0.1) is 4.47 Å². The highest BCUT2D eigenvalue weighted by molar-refractivity contribution is 14.0. The summed E-state index contributed by atoms with van der Waals surface area (Å²) < 4.78 is 13.7. The third kappa shape index (κ3) is 8.35. The summed E-state index contributed by atoms with van der Waals surface area (Å²) in [5, 5.41) is 9.28. The quantitative estimate of drug-likeness (QED) is 0.211. The van der Waals surface area contributed by atoms with E-state index in [9.17, 15) is 9.18 Å². The van der Waals surface area contributed by atoms with E-state index in [0.717, 1.165) is 37.3 Å². The fraction of sp³-hybridized carbons (Fsp3) is 0.529. The van der Waals surface area contributed by atoms with Crippen molar-refractivity contribution in [2.75, 3.05) is 26.2 Å². The molecule has 0 heterocycles. The largest absolute Gasteiger partial charge is 0.357 e. The molecule has 1 fully saturated rings. The number of hydrogen-bond acceptors (Lipinski definition) is 2. The van der Waals surface area contributed by atoms with Crippen LogP contribution in [0.2, 0.25) is 0 Å². The van der Waals surface area contributed by atoms with E-state index in [1.54, 1.807) is 12.1 Å². The molecule has 3 N–H and O–H groups in total. The molecule has 1 aromatic carbocycles. The van der Waals surface area contributed by atoms with Gasteiger partial charge in [-0.1, -0.05) is 6.07 Å². The molecule has 1 aliphatic carbocycles. The van der Waals surface area contributed by atoms with E-state index in [1.807, 2.05) is 6.92 Å². The average Bonchev–Trinajstić information content (AvgIpc) is 3.39. The number of nitrogens with zero attached hydrogens (tertiary/aromatic N) is 1. The number of benzene rings is 1. The molecule has 1 aliphatic rings. The second kappa shape index (κ2) is 11.7. The van der Waals surface area contributed by atoms with Gasteiger partial charge in [0.15, 0.2) is 5.96 Å². The molecule has 25 heavy (non-hydrogen) atoms. The third-order valence-electron chi connectivity index (χ3n) is 3.66. The summed E-state index contributed by atoms with van der Waals surface area (Å²) in [6, 6.07) is 5.00. The van der Waals surface area contributed by atoms with Gasteiger partial charge in [0.1, 0.15) is 5.82 Å². The Bertz CT molecular complexity index is 596. The first-order chi connectivity index (χ1) is 11.6. The standard InChI is InChI=1S/C17H24BrFN4O.HI/c1-2-20-17(23-10-9-21-16(24)13-4-5-13)22-8-7-12-3-6-15(19)14(18)11-12;/h3,6,11,13H,2,4-5,7-10H2,1H3,(H,21,24)(H2,20,22,23);1H. The topological polar surface area (TPSA) is 65.5 Å². The van der Waals surface area contributed by atoms with Gasteiger partial charge < -0.3 is 16.0 Å². The Morgan fingerprint density at radius 2 is 2.00 bits per heavy atom. The third-order valence-corrected chi connectivity index (χ3v) is 4.27. The number of carbonyl (C=O) groups is 1. The molecule has 1 saturated carbocycles. The summed E-state index contributed by atoms with van der Waals surface area (Å²) in [5.41, 5.74) is 1.03. The molecule has 0 spiro atoms. The monoisotopic (exact) mass is 526 g/mol. The van der Waals surface area contributed by atoms with Gasteiger partial charge in [0, 0.05) is 32.1 Å². The fourth-order valence-corrected chi connectivity index (χ4v) is 2.62. The van der Waals surface area contributed by atoms with Crippen LogP contribution in [0.15, 0.2) is 27.7 Å². The molecule has 0 aliphatic heterocycles. The maximum Gasteiger partial charge on any atom is 0.223 e. The predicted octanol–water partition coefficient (Wildman–Crippen LogP) is 2.83. The van der Waals surface area contributed by atoms with Crippen molar-refractivity contribution < 1.29 is 9.18 Å². The Morgan fingerprint density at radius 3 is 2.64 bits per heavy atom. The highest BCUT2D eigenvalue weighted by Gasteiger charge is 2.28. The normalized spacial score (nSPS) is 13.8. The Kier molecular flexibility index (Phi) is 10.3. The van der Waals surface area contributed by atoms with E-state index in [0.29, 0.717) is 24.1 Å². The molecule has 0 atom stereocenters. The van der Waals surface area contributed by atoms with Gasteiger partial charge in [-0.05, 0) is 59.8 Å². The lowest BCUT2D eigenvalue weighted by atomic mass is 10.1. The van der Waals surface area contributed by atoms with Crippen LogP contribution in [-0.4, -0.2) is 38.0 Å². The fourth-order valence-electron chi connectivity index (χ4n) is 2.19. The van der Waals surface area contributed by atoms with E-state index < -0.39 is 0 Å². The van der Waals surface area contributed by atoms with Crippen molar-refractivity contribution in [2.24, 2.45) is 10.9 Å². The summed E-state index contributed by atoms with van der Waals surface area (Å²) in [4.78, 5) is 16.0. The van der Waals surface area contributed by atoms with Crippen LogP contribution in [0, 0.1) is 11.7 Å². The molecule has 0 radical (unpaired) electrons. The van der Waals surface area contributed by atoms with Crippen LogP contribution >= 0.6 is 39.9 Å². The van der Waals surface area contributed by atoms with E-state index in [4.69, 9.17) is 0 Å². The lowest BCUT2D eigenvalue weighted by Crippen LogP contribution is -2.41. The van der Waals surface area contributed by atoms with Crippen molar-refractivity contribution in [3.63, 3.8) is 0 Å². The molecule has 140 valence electrons. The zero-order valence-corrected chi connectivity index (χ0v) is 18.2. The number of nitrogens with one attached hydrogen (secondary N) is 3. The van der Waals surface area contributed by atoms with Crippen molar-refractivity contribution in [3.05, 3.63) is 34.1 Å². The second-order valence-electron chi connectivity index (χ2n) is 5.75. The molecular weight excluding hydrogens is 502 g/mol. The number of hydrogen-bond donors (Lipinski definition) is 3. The highest BCUT2D eigenvalue weighted by Crippen LogP contribution is 2.28. The maximum absolute atomic E-state index is 13.2. The van der Waals surface area contributed by atoms with Gasteiger partial charge in [-0.25, -0.2) is 4.39 Å². The van der Waals surface area contributed by atoms with E-state index in [1.165, 1.54) is 6.07 Å². The first-order valence-electron chi connectivity index (χ1n) is 8.34. The summed E-state index contributed by atoms with van der Waals surface area (Å²) in [6.07, 6.45) is 2.76. The SMILES string of the molecule is CCNC(=NCCc1ccc(F)c(Br)c1)NCCNC(=O)C1CC1.I. The molecule has 1 amide bonds. The molecular formula is C17H25BrFIN4O. The van der Waals surface area contributed by atoms with Crippen molar-refractivity contribution in [3.8, 4) is 0 Å². The molecule has 8 heteroatoms. The maximum atomic E-state index is 13.2. The van der Waals surface area contributed by atoms with Crippen molar-refractivity contribution >= 4 is 51.8 Å². The summed E-state index contributed by atoms with van der Waals surface area (Å²) >= 11 is 3.19. The Labute approximate surface area is 173 Å². The number of carbonyl (C=O) groups excluding carboxylic acids is 1. The molecule has 0 unspecified atom stereocenters. The summed E-state index contributed by atoms with van der Waals surface area (Å²) in [6.45, 7) is 4.59. The van der Waals surface area contributed by atoms with Gasteiger partial charge >= 0.3 is 0 Å². The van der Waals surface area contributed by atoms with E-state index in [-0.39, 0.29) is 41.6 Å². The van der Waals surface area contributed by atoms with Crippen molar-refractivity contribution in [2.45, 2.75) is 26.2 Å². The summed E-state index contributed by atoms with van der Waals surface area (Å²) in [5.74, 6) is 0.854. The smallest absolute Gasteiger partial charge is 0.223 e. The zero-order valence-electron chi connectivity index (χ0n) is 14.3. The van der Waals surface area contributed by atoms with Gasteiger partial charge in [0.2, 0.25) is 5.91 Å². The van der Waals surface area contributed by atoms with Crippen LogP contribution in [0.3, 0.4) is 0 Å². The van der Waals surface area contributed by atoms with Crippen LogP contribution in [0.25, 0.3) is 0 Å².